The minimum Gasteiger partial charge on any atom is -0.388 e. The van der Waals surface area contributed by atoms with E-state index >= 15 is 0 Å². The molecule has 0 aromatic rings. The summed E-state index contributed by atoms with van der Waals surface area (Å²) >= 11 is 1.98. The number of carbonyl (C=O) groups excluding carboxylic acids is 1. The van der Waals surface area contributed by atoms with Crippen LogP contribution in [-0.4, -0.2) is 40.3 Å². The highest BCUT2D eigenvalue weighted by Gasteiger charge is 2.27. The van der Waals surface area contributed by atoms with Gasteiger partial charge < -0.3 is 15.7 Å². The van der Waals surface area contributed by atoms with Crippen LogP contribution in [0.2, 0.25) is 0 Å². The van der Waals surface area contributed by atoms with Crippen LogP contribution < -0.4 is 10.6 Å². The number of rotatable bonds is 7. The predicted molar refractivity (Wildman–Crippen MR) is 81.6 cm³/mol. The third-order valence-corrected chi connectivity index (χ3v) is 5.25. The molecule has 0 spiro atoms. The Balaban J connectivity index is 2.25. The SMILES string of the molecule is CCSC1CCC(NC(=O)NCC(O)(CC)CC)C1. The topological polar surface area (TPSA) is 61.4 Å². The Hall–Kier alpha value is -0.420. The summed E-state index contributed by atoms with van der Waals surface area (Å²) in [5.41, 5.74) is -0.770. The molecule has 19 heavy (non-hydrogen) atoms. The lowest BCUT2D eigenvalue weighted by Gasteiger charge is -2.26. The average Bonchev–Trinajstić information content (AvgIpc) is 2.84. The molecule has 1 rings (SSSR count). The molecule has 0 aromatic carbocycles. The molecule has 0 aliphatic heterocycles. The number of nitrogens with one attached hydrogen (secondary N) is 2. The number of aliphatic hydroxyl groups is 1. The Morgan fingerprint density at radius 1 is 1.32 bits per heavy atom. The minimum absolute atomic E-state index is 0.146. The van der Waals surface area contributed by atoms with Crippen molar-refractivity contribution in [3.8, 4) is 0 Å². The van der Waals surface area contributed by atoms with Crippen molar-refractivity contribution >= 4 is 17.8 Å². The molecule has 0 heterocycles. The summed E-state index contributed by atoms with van der Waals surface area (Å²) < 4.78 is 0. The summed E-state index contributed by atoms with van der Waals surface area (Å²) in [5, 5.41) is 16.6. The summed E-state index contributed by atoms with van der Waals surface area (Å²) in [5.74, 6) is 1.14. The molecule has 0 bridgehead atoms. The van der Waals surface area contributed by atoms with Gasteiger partial charge in [-0.15, -0.1) is 0 Å². The number of urea groups is 1. The Morgan fingerprint density at radius 3 is 2.58 bits per heavy atom. The maximum absolute atomic E-state index is 11.8. The third kappa shape index (κ3) is 5.61. The van der Waals surface area contributed by atoms with E-state index in [1.807, 2.05) is 25.6 Å². The first-order valence-electron chi connectivity index (χ1n) is 7.41. The first-order chi connectivity index (χ1) is 9.03. The largest absolute Gasteiger partial charge is 0.388 e. The molecule has 0 saturated heterocycles. The van der Waals surface area contributed by atoms with Gasteiger partial charge in [-0.05, 0) is 37.9 Å². The molecule has 1 aliphatic carbocycles. The summed E-state index contributed by atoms with van der Waals surface area (Å²) in [7, 11) is 0. The molecule has 1 aliphatic rings. The highest BCUT2D eigenvalue weighted by molar-refractivity contribution is 7.99. The van der Waals surface area contributed by atoms with Crippen molar-refractivity contribution in [2.75, 3.05) is 12.3 Å². The van der Waals surface area contributed by atoms with Crippen molar-refractivity contribution in [1.82, 2.24) is 10.6 Å². The number of carbonyl (C=O) groups is 1. The Kier molecular flexibility index (Phi) is 7.00. The smallest absolute Gasteiger partial charge is 0.315 e. The van der Waals surface area contributed by atoms with Gasteiger partial charge in [0.25, 0.3) is 0 Å². The van der Waals surface area contributed by atoms with E-state index in [-0.39, 0.29) is 6.03 Å². The van der Waals surface area contributed by atoms with Crippen LogP contribution in [0.4, 0.5) is 4.79 Å². The number of hydrogen-bond donors (Lipinski definition) is 3. The van der Waals surface area contributed by atoms with E-state index in [1.165, 1.54) is 6.42 Å². The van der Waals surface area contributed by atoms with Gasteiger partial charge in [-0.3, -0.25) is 0 Å². The predicted octanol–water partition coefficient (Wildman–Crippen LogP) is 2.51. The number of thioether (sulfide) groups is 1. The van der Waals surface area contributed by atoms with Crippen molar-refractivity contribution in [2.24, 2.45) is 0 Å². The molecule has 112 valence electrons. The van der Waals surface area contributed by atoms with Gasteiger partial charge in [0.15, 0.2) is 0 Å². The maximum atomic E-state index is 11.8. The normalized spacial score (nSPS) is 23.4. The van der Waals surface area contributed by atoms with Crippen LogP contribution >= 0.6 is 11.8 Å². The van der Waals surface area contributed by atoms with E-state index in [2.05, 4.69) is 17.6 Å². The van der Waals surface area contributed by atoms with Gasteiger partial charge in [-0.1, -0.05) is 20.8 Å². The highest BCUT2D eigenvalue weighted by Crippen LogP contribution is 2.29. The standard InChI is InChI=1S/C14H28N2O2S/c1-4-14(18,5-2)10-15-13(17)16-11-7-8-12(9-11)19-6-3/h11-12,18H,4-10H2,1-3H3,(H2,15,16,17). The first-order valence-corrected chi connectivity index (χ1v) is 8.46. The van der Waals surface area contributed by atoms with Crippen LogP contribution in [-0.2, 0) is 0 Å². The van der Waals surface area contributed by atoms with Crippen molar-refractivity contribution < 1.29 is 9.90 Å². The second-order valence-corrected chi connectivity index (χ2v) is 6.92. The van der Waals surface area contributed by atoms with Gasteiger partial charge in [-0.25, -0.2) is 4.79 Å². The number of hydrogen-bond acceptors (Lipinski definition) is 3. The Morgan fingerprint density at radius 2 is 2.00 bits per heavy atom. The quantitative estimate of drug-likeness (QED) is 0.674. The lowest BCUT2D eigenvalue weighted by molar-refractivity contribution is 0.0348. The van der Waals surface area contributed by atoms with E-state index in [9.17, 15) is 9.90 Å². The van der Waals surface area contributed by atoms with E-state index in [4.69, 9.17) is 0 Å². The molecule has 5 heteroatoms. The number of amides is 2. The van der Waals surface area contributed by atoms with E-state index in [0.717, 1.165) is 18.6 Å². The van der Waals surface area contributed by atoms with Gasteiger partial charge >= 0.3 is 6.03 Å². The molecule has 1 fully saturated rings. The second kappa shape index (κ2) is 8.00. The van der Waals surface area contributed by atoms with Crippen molar-refractivity contribution in [1.29, 1.82) is 0 Å². The highest BCUT2D eigenvalue weighted by atomic mass is 32.2. The molecular formula is C14H28N2O2S. The lowest BCUT2D eigenvalue weighted by atomic mass is 9.98. The van der Waals surface area contributed by atoms with Crippen molar-refractivity contribution in [3.05, 3.63) is 0 Å². The third-order valence-electron chi connectivity index (χ3n) is 4.02. The van der Waals surface area contributed by atoms with Crippen LogP contribution in [0.5, 0.6) is 0 Å². The van der Waals surface area contributed by atoms with Gasteiger partial charge in [0, 0.05) is 17.8 Å². The van der Waals surface area contributed by atoms with Crippen LogP contribution in [0.3, 0.4) is 0 Å². The molecule has 0 aromatic heterocycles. The molecule has 2 atom stereocenters. The van der Waals surface area contributed by atoms with E-state index in [1.54, 1.807) is 0 Å². The summed E-state index contributed by atoms with van der Waals surface area (Å²) in [6, 6.07) is 0.146. The Labute approximate surface area is 121 Å². The van der Waals surface area contributed by atoms with Crippen LogP contribution in [0.1, 0.15) is 52.9 Å². The molecule has 4 nitrogen and oxygen atoms in total. The fourth-order valence-corrected chi connectivity index (χ4v) is 3.58. The van der Waals surface area contributed by atoms with Crippen LogP contribution in [0, 0.1) is 0 Å². The Bertz CT molecular complexity index is 283. The van der Waals surface area contributed by atoms with E-state index in [0.29, 0.717) is 30.7 Å². The summed E-state index contributed by atoms with van der Waals surface area (Å²) in [6.07, 6.45) is 4.64. The maximum Gasteiger partial charge on any atom is 0.315 e. The van der Waals surface area contributed by atoms with E-state index < -0.39 is 5.60 Å². The molecular weight excluding hydrogens is 260 g/mol. The monoisotopic (exact) mass is 288 g/mol. The molecule has 0 radical (unpaired) electrons. The van der Waals surface area contributed by atoms with Crippen LogP contribution in [0.25, 0.3) is 0 Å². The van der Waals surface area contributed by atoms with Gasteiger partial charge in [0.1, 0.15) is 0 Å². The van der Waals surface area contributed by atoms with Crippen LogP contribution in [0.15, 0.2) is 0 Å². The van der Waals surface area contributed by atoms with Crippen molar-refractivity contribution in [3.63, 3.8) is 0 Å². The fraction of sp³-hybridized carbons (Fsp3) is 0.929. The minimum atomic E-state index is -0.770. The van der Waals surface area contributed by atoms with Gasteiger partial charge in [-0.2, -0.15) is 11.8 Å². The molecule has 1 saturated carbocycles. The fourth-order valence-electron chi connectivity index (χ4n) is 2.44. The summed E-state index contributed by atoms with van der Waals surface area (Å²) in [6.45, 7) is 6.37. The lowest BCUT2D eigenvalue weighted by Crippen LogP contribution is -2.48. The summed E-state index contributed by atoms with van der Waals surface area (Å²) in [4.78, 5) is 11.8. The molecule has 2 unspecified atom stereocenters. The zero-order valence-corrected chi connectivity index (χ0v) is 13.2. The van der Waals surface area contributed by atoms with Crippen molar-refractivity contribution in [2.45, 2.75) is 69.8 Å². The zero-order chi connectivity index (χ0) is 14.3. The second-order valence-electron chi connectivity index (χ2n) is 5.35. The van der Waals surface area contributed by atoms with Gasteiger partial charge in [0.2, 0.25) is 0 Å². The first kappa shape index (κ1) is 16.6. The molecule has 2 amide bonds. The van der Waals surface area contributed by atoms with Gasteiger partial charge in [0.05, 0.1) is 5.60 Å². The zero-order valence-electron chi connectivity index (χ0n) is 12.4. The average molecular weight is 288 g/mol. The molecule has 3 N–H and O–H groups in total.